The van der Waals surface area contributed by atoms with Crippen LogP contribution in [0.25, 0.3) is 0 Å². The maximum Gasteiger partial charge on any atom is 0.258 e. The van der Waals surface area contributed by atoms with E-state index in [1.807, 2.05) is 19.1 Å². The molecule has 5 heteroatoms. The Morgan fingerprint density at radius 2 is 1.92 bits per heavy atom. The van der Waals surface area contributed by atoms with Gasteiger partial charge in [-0.2, -0.15) is 0 Å². The van der Waals surface area contributed by atoms with Crippen LogP contribution >= 0.6 is 0 Å². The topological polar surface area (TPSA) is 56.8 Å². The number of fused-ring (bicyclic) bond motifs is 1. The molecule has 2 aromatic rings. The highest BCUT2D eigenvalue weighted by Gasteiger charge is 2.15. The first-order valence-electron chi connectivity index (χ1n) is 8.06. The lowest BCUT2D eigenvalue weighted by atomic mass is 10.1. The van der Waals surface area contributed by atoms with E-state index in [2.05, 4.69) is 24.4 Å². The van der Waals surface area contributed by atoms with E-state index < -0.39 is 0 Å². The number of rotatable bonds is 6. The molecule has 1 heterocycles. The third-order valence-electron chi connectivity index (χ3n) is 3.98. The second-order valence-corrected chi connectivity index (χ2v) is 5.69. The molecule has 0 fully saturated rings. The fourth-order valence-electron chi connectivity index (χ4n) is 2.52. The molecule has 0 radical (unpaired) electrons. The molecule has 1 aliphatic heterocycles. The van der Waals surface area contributed by atoms with Crippen molar-refractivity contribution < 1.29 is 19.0 Å². The minimum atomic E-state index is -0.167. The molecule has 126 valence electrons. The van der Waals surface area contributed by atoms with Crippen molar-refractivity contribution in [2.75, 3.05) is 13.4 Å². The molecule has 3 rings (SSSR count). The number of carbonyl (C=O) groups is 1. The van der Waals surface area contributed by atoms with Crippen LogP contribution < -0.4 is 19.5 Å². The molecule has 1 aliphatic rings. The summed E-state index contributed by atoms with van der Waals surface area (Å²) in [5, 5.41) is 2.94. The zero-order valence-corrected chi connectivity index (χ0v) is 13.9. The van der Waals surface area contributed by atoms with Gasteiger partial charge in [0.2, 0.25) is 6.79 Å². The quantitative estimate of drug-likeness (QED) is 0.885. The third kappa shape index (κ3) is 3.79. The summed E-state index contributed by atoms with van der Waals surface area (Å²) < 4.78 is 16.0. The standard InChI is InChI=1S/C19H21NO4/c1-3-14-4-6-15(7-5-14)13(2)20-19(21)11-22-16-8-9-17-18(10-16)24-12-23-17/h4-10,13H,3,11-12H2,1-2H3,(H,20,21). The highest BCUT2D eigenvalue weighted by atomic mass is 16.7. The zero-order chi connectivity index (χ0) is 16.9. The van der Waals surface area contributed by atoms with Crippen molar-refractivity contribution in [3.05, 3.63) is 53.6 Å². The summed E-state index contributed by atoms with van der Waals surface area (Å²) in [6, 6.07) is 13.4. The fraction of sp³-hybridized carbons (Fsp3) is 0.316. The highest BCUT2D eigenvalue weighted by Crippen LogP contribution is 2.35. The summed E-state index contributed by atoms with van der Waals surface area (Å²) in [6.45, 7) is 4.25. The normalized spacial score (nSPS) is 13.4. The fourth-order valence-corrected chi connectivity index (χ4v) is 2.52. The second-order valence-electron chi connectivity index (χ2n) is 5.69. The van der Waals surface area contributed by atoms with Crippen molar-refractivity contribution in [2.24, 2.45) is 0 Å². The maximum absolute atomic E-state index is 12.1. The molecule has 0 spiro atoms. The average molecular weight is 327 g/mol. The number of aryl methyl sites for hydroxylation is 1. The van der Waals surface area contributed by atoms with Crippen molar-refractivity contribution in [1.82, 2.24) is 5.32 Å². The molecular formula is C19H21NO4. The lowest BCUT2D eigenvalue weighted by Crippen LogP contribution is -2.31. The van der Waals surface area contributed by atoms with Crippen LogP contribution in [-0.2, 0) is 11.2 Å². The van der Waals surface area contributed by atoms with Crippen molar-refractivity contribution in [2.45, 2.75) is 26.3 Å². The van der Waals surface area contributed by atoms with Crippen LogP contribution in [0.1, 0.15) is 31.0 Å². The van der Waals surface area contributed by atoms with Crippen LogP contribution in [0.5, 0.6) is 17.2 Å². The third-order valence-corrected chi connectivity index (χ3v) is 3.98. The Labute approximate surface area is 141 Å². The van der Waals surface area contributed by atoms with Crippen LogP contribution in [-0.4, -0.2) is 19.3 Å². The van der Waals surface area contributed by atoms with Gasteiger partial charge >= 0.3 is 0 Å². The summed E-state index contributed by atoms with van der Waals surface area (Å²) in [6.07, 6.45) is 1.00. The van der Waals surface area contributed by atoms with E-state index in [0.717, 1.165) is 12.0 Å². The van der Waals surface area contributed by atoms with E-state index in [9.17, 15) is 4.79 Å². The lowest BCUT2D eigenvalue weighted by molar-refractivity contribution is -0.123. The molecular weight excluding hydrogens is 306 g/mol. The first-order valence-corrected chi connectivity index (χ1v) is 8.06. The van der Waals surface area contributed by atoms with Gasteiger partial charge < -0.3 is 19.5 Å². The lowest BCUT2D eigenvalue weighted by Gasteiger charge is -2.15. The Bertz CT molecular complexity index is 712. The predicted octanol–water partition coefficient (Wildman–Crippen LogP) is 3.23. The molecule has 1 unspecified atom stereocenters. The molecule has 1 atom stereocenters. The van der Waals surface area contributed by atoms with Crippen LogP contribution in [0.4, 0.5) is 0 Å². The maximum atomic E-state index is 12.1. The Morgan fingerprint density at radius 1 is 1.17 bits per heavy atom. The van der Waals surface area contributed by atoms with Crippen molar-refractivity contribution in [3.63, 3.8) is 0 Å². The minimum absolute atomic E-state index is 0.0446. The Balaban J connectivity index is 1.51. The molecule has 0 aromatic heterocycles. The van der Waals surface area contributed by atoms with Crippen molar-refractivity contribution >= 4 is 5.91 Å². The van der Waals surface area contributed by atoms with E-state index in [0.29, 0.717) is 17.2 Å². The number of hydrogen-bond donors (Lipinski definition) is 1. The monoisotopic (exact) mass is 327 g/mol. The number of benzene rings is 2. The number of nitrogens with one attached hydrogen (secondary N) is 1. The van der Waals surface area contributed by atoms with E-state index >= 15 is 0 Å². The first kappa shape index (κ1) is 16.2. The summed E-state index contributed by atoms with van der Waals surface area (Å²) in [5.41, 5.74) is 2.35. The Kier molecular flexibility index (Phi) is 4.89. The number of amides is 1. The minimum Gasteiger partial charge on any atom is -0.484 e. The summed E-state index contributed by atoms with van der Waals surface area (Å²) >= 11 is 0. The van der Waals surface area contributed by atoms with Crippen LogP contribution in [0, 0.1) is 0 Å². The molecule has 0 aliphatic carbocycles. The molecule has 5 nitrogen and oxygen atoms in total. The molecule has 1 N–H and O–H groups in total. The van der Waals surface area contributed by atoms with Gasteiger partial charge in [0, 0.05) is 6.07 Å². The van der Waals surface area contributed by atoms with Gasteiger partial charge in [-0.3, -0.25) is 4.79 Å². The number of carbonyl (C=O) groups excluding carboxylic acids is 1. The largest absolute Gasteiger partial charge is 0.484 e. The van der Waals surface area contributed by atoms with Crippen molar-refractivity contribution in [3.8, 4) is 17.2 Å². The van der Waals surface area contributed by atoms with Gasteiger partial charge in [-0.1, -0.05) is 31.2 Å². The van der Waals surface area contributed by atoms with E-state index in [-0.39, 0.29) is 25.3 Å². The van der Waals surface area contributed by atoms with Gasteiger partial charge in [0.1, 0.15) is 5.75 Å². The molecule has 2 aromatic carbocycles. The molecule has 1 amide bonds. The zero-order valence-electron chi connectivity index (χ0n) is 13.9. The van der Waals surface area contributed by atoms with Gasteiger partial charge in [0.05, 0.1) is 6.04 Å². The van der Waals surface area contributed by atoms with E-state index in [1.54, 1.807) is 18.2 Å². The Hall–Kier alpha value is -2.69. The smallest absolute Gasteiger partial charge is 0.258 e. The SMILES string of the molecule is CCc1ccc(C(C)NC(=O)COc2ccc3c(c2)OCO3)cc1. The van der Waals surface area contributed by atoms with E-state index in [4.69, 9.17) is 14.2 Å². The van der Waals surface area contributed by atoms with Gasteiger partial charge in [-0.05, 0) is 36.6 Å². The van der Waals surface area contributed by atoms with E-state index in [1.165, 1.54) is 5.56 Å². The number of ether oxygens (including phenoxy) is 3. The molecule has 0 bridgehead atoms. The van der Waals surface area contributed by atoms with Gasteiger partial charge in [-0.25, -0.2) is 0 Å². The molecule has 0 saturated heterocycles. The van der Waals surface area contributed by atoms with Gasteiger partial charge in [-0.15, -0.1) is 0 Å². The summed E-state index contributed by atoms with van der Waals surface area (Å²) in [4.78, 5) is 12.1. The first-order chi connectivity index (χ1) is 11.7. The van der Waals surface area contributed by atoms with Gasteiger partial charge in [0.25, 0.3) is 5.91 Å². The average Bonchev–Trinajstić information content (AvgIpc) is 3.07. The summed E-state index contributed by atoms with van der Waals surface area (Å²) in [7, 11) is 0. The van der Waals surface area contributed by atoms with Crippen LogP contribution in [0.2, 0.25) is 0 Å². The number of hydrogen-bond acceptors (Lipinski definition) is 4. The Morgan fingerprint density at radius 3 is 2.67 bits per heavy atom. The van der Waals surface area contributed by atoms with Crippen LogP contribution in [0.15, 0.2) is 42.5 Å². The van der Waals surface area contributed by atoms with Gasteiger partial charge in [0.15, 0.2) is 18.1 Å². The van der Waals surface area contributed by atoms with Crippen LogP contribution in [0.3, 0.4) is 0 Å². The second kappa shape index (κ2) is 7.25. The predicted molar refractivity (Wildman–Crippen MR) is 90.4 cm³/mol. The highest BCUT2D eigenvalue weighted by molar-refractivity contribution is 5.78. The van der Waals surface area contributed by atoms with Crippen molar-refractivity contribution in [1.29, 1.82) is 0 Å². The summed E-state index contributed by atoms with van der Waals surface area (Å²) in [5.74, 6) is 1.74. The molecule has 24 heavy (non-hydrogen) atoms. The molecule has 0 saturated carbocycles.